The van der Waals surface area contributed by atoms with Crippen molar-refractivity contribution < 1.29 is 0 Å². The van der Waals surface area contributed by atoms with Crippen molar-refractivity contribution in [2.45, 2.75) is 82.8 Å². The summed E-state index contributed by atoms with van der Waals surface area (Å²) in [6.07, 6.45) is 13.1. The predicted molar refractivity (Wildman–Crippen MR) is 76.8 cm³/mol. The van der Waals surface area contributed by atoms with Crippen LogP contribution in [0.25, 0.3) is 0 Å². The summed E-state index contributed by atoms with van der Waals surface area (Å²) < 4.78 is 0. The molecule has 0 aromatic carbocycles. The van der Waals surface area contributed by atoms with Gasteiger partial charge in [-0.3, -0.25) is 4.90 Å². The summed E-state index contributed by atoms with van der Waals surface area (Å²) in [7, 11) is 0. The van der Waals surface area contributed by atoms with Gasteiger partial charge in [-0.25, -0.2) is 0 Å². The van der Waals surface area contributed by atoms with Crippen molar-refractivity contribution in [2.75, 3.05) is 13.1 Å². The molecule has 0 amide bonds. The van der Waals surface area contributed by atoms with Crippen molar-refractivity contribution in [3.8, 4) is 0 Å². The van der Waals surface area contributed by atoms with Crippen molar-refractivity contribution >= 4 is 0 Å². The van der Waals surface area contributed by atoms with Gasteiger partial charge in [0.1, 0.15) is 0 Å². The number of rotatable bonds is 6. The monoisotopic (exact) mass is 250 g/mol. The summed E-state index contributed by atoms with van der Waals surface area (Å²) in [5.74, 6) is 1.03. The summed E-state index contributed by atoms with van der Waals surface area (Å²) in [4.78, 5) is 2.85. The van der Waals surface area contributed by atoms with E-state index in [0.717, 1.165) is 24.0 Å². The third-order valence-electron chi connectivity index (χ3n) is 5.42. The molecule has 3 rings (SSSR count). The zero-order valence-electron chi connectivity index (χ0n) is 12.0. The highest BCUT2D eigenvalue weighted by Gasteiger charge is 2.35. The molecule has 2 nitrogen and oxygen atoms in total. The lowest BCUT2D eigenvalue weighted by molar-refractivity contribution is 0.137. The van der Waals surface area contributed by atoms with Gasteiger partial charge in [-0.2, -0.15) is 0 Å². The SMILES string of the molecule is CC(CCNC1CC1)N1CCCC1C1CCCC1. The average Bonchev–Trinajstić information content (AvgIpc) is 2.88. The van der Waals surface area contributed by atoms with Crippen molar-refractivity contribution in [1.29, 1.82) is 0 Å². The highest BCUT2D eigenvalue weighted by atomic mass is 15.2. The molecule has 18 heavy (non-hydrogen) atoms. The molecule has 3 aliphatic rings. The minimum absolute atomic E-state index is 0.796. The van der Waals surface area contributed by atoms with Gasteiger partial charge in [0.25, 0.3) is 0 Å². The van der Waals surface area contributed by atoms with Crippen LogP contribution in [0.5, 0.6) is 0 Å². The van der Waals surface area contributed by atoms with Crippen LogP contribution >= 0.6 is 0 Å². The Balaban J connectivity index is 1.45. The van der Waals surface area contributed by atoms with E-state index >= 15 is 0 Å². The molecule has 2 aliphatic carbocycles. The molecule has 0 aromatic rings. The third-order valence-corrected chi connectivity index (χ3v) is 5.42. The van der Waals surface area contributed by atoms with Crippen molar-refractivity contribution in [3.63, 3.8) is 0 Å². The molecule has 2 unspecified atom stereocenters. The Kier molecular flexibility index (Phi) is 4.25. The zero-order valence-corrected chi connectivity index (χ0v) is 12.0. The molecule has 1 aliphatic heterocycles. The van der Waals surface area contributed by atoms with Crippen molar-refractivity contribution in [2.24, 2.45) is 5.92 Å². The summed E-state index contributed by atoms with van der Waals surface area (Å²) in [5.41, 5.74) is 0. The van der Waals surface area contributed by atoms with Crippen molar-refractivity contribution in [1.82, 2.24) is 10.2 Å². The second-order valence-electron chi connectivity index (χ2n) is 6.86. The predicted octanol–water partition coefficient (Wildman–Crippen LogP) is 3.17. The maximum Gasteiger partial charge on any atom is 0.0127 e. The number of likely N-dealkylation sites (tertiary alicyclic amines) is 1. The van der Waals surface area contributed by atoms with Gasteiger partial charge in [-0.15, -0.1) is 0 Å². The van der Waals surface area contributed by atoms with Gasteiger partial charge in [-0.05, 0) is 70.9 Å². The molecule has 0 aromatic heterocycles. The average molecular weight is 250 g/mol. The maximum atomic E-state index is 3.67. The standard InChI is InChI=1S/C16H30N2/c1-13(10-11-17-15-8-9-15)18-12-4-7-16(18)14-5-2-3-6-14/h13-17H,2-12H2,1H3. The first kappa shape index (κ1) is 12.9. The Morgan fingerprint density at radius 2 is 1.83 bits per heavy atom. The molecule has 1 saturated heterocycles. The molecular weight excluding hydrogens is 220 g/mol. The fourth-order valence-electron chi connectivity index (χ4n) is 4.16. The van der Waals surface area contributed by atoms with E-state index in [9.17, 15) is 0 Å². The van der Waals surface area contributed by atoms with Crippen LogP contribution in [0.4, 0.5) is 0 Å². The number of hydrogen-bond donors (Lipinski definition) is 1. The smallest absolute Gasteiger partial charge is 0.0127 e. The molecule has 104 valence electrons. The van der Waals surface area contributed by atoms with Gasteiger partial charge in [-0.1, -0.05) is 12.8 Å². The highest BCUT2D eigenvalue weighted by molar-refractivity contribution is 4.90. The maximum absolute atomic E-state index is 3.67. The van der Waals surface area contributed by atoms with Crippen LogP contribution in [-0.2, 0) is 0 Å². The molecule has 1 heterocycles. The Hall–Kier alpha value is -0.0800. The second-order valence-corrected chi connectivity index (χ2v) is 6.86. The number of nitrogens with zero attached hydrogens (tertiary/aromatic N) is 1. The molecule has 2 atom stereocenters. The fourth-order valence-corrected chi connectivity index (χ4v) is 4.16. The van der Waals surface area contributed by atoms with Gasteiger partial charge >= 0.3 is 0 Å². The van der Waals surface area contributed by atoms with Gasteiger partial charge < -0.3 is 5.32 Å². The van der Waals surface area contributed by atoms with E-state index in [4.69, 9.17) is 0 Å². The minimum Gasteiger partial charge on any atom is -0.314 e. The normalized spacial score (nSPS) is 32.2. The van der Waals surface area contributed by atoms with Crippen LogP contribution < -0.4 is 5.32 Å². The fraction of sp³-hybridized carbons (Fsp3) is 1.00. The van der Waals surface area contributed by atoms with Crippen LogP contribution in [0.2, 0.25) is 0 Å². The van der Waals surface area contributed by atoms with Gasteiger partial charge in [0.15, 0.2) is 0 Å². The first-order chi connectivity index (χ1) is 8.84. The second kappa shape index (κ2) is 5.92. The molecule has 2 heteroatoms. The van der Waals surface area contributed by atoms with Gasteiger partial charge in [0.2, 0.25) is 0 Å². The van der Waals surface area contributed by atoms with Crippen LogP contribution in [0.15, 0.2) is 0 Å². The van der Waals surface area contributed by atoms with E-state index in [0.29, 0.717) is 0 Å². The van der Waals surface area contributed by atoms with E-state index in [2.05, 4.69) is 17.1 Å². The van der Waals surface area contributed by atoms with Crippen LogP contribution in [0, 0.1) is 5.92 Å². The number of hydrogen-bond acceptors (Lipinski definition) is 2. The Labute approximate surface area is 113 Å². The molecule has 3 fully saturated rings. The third kappa shape index (κ3) is 3.08. The Morgan fingerprint density at radius 3 is 2.56 bits per heavy atom. The first-order valence-electron chi connectivity index (χ1n) is 8.34. The Morgan fingerprint density at radius 1 is 1.06 bits per heavy atom. The zero-order chi connectivity index (χ0) is 12.4. The van der Waals surface area contributed by atoms with E-state index in [1.54, 1.807) is 0 Å². The van der Waals surface area contributed by atoms with E-state index in [-0.39, 0.29) is 0 Å². The molecular formula is C16H30N2. The quantitative estimate of drug-likeness (QED) is 0.779. The molecule has 1 N–H and O–H groups in total. The van der Waals surface area contributed by atoms with E-state index in [1.807, 2.05) is 0 Å². The van der Waals surface area contributed by atoms with E-state index in [1.165, 1.54) is 70.9 Å². The summed E-state index contributed by atoms with van der Waals surface area (Å²) in [6, 6.07) is 2.61. The lowest BCUT2D eigenvalue weighted by atomic mass is 9.95. The lowest BCUT2D eigenvalue weighted by Crippen LogP contribution is -2.42. The van der Waals surface area contributed by atoms with Gasteiger partial charge in [0, 0.05) is 18.1 Å². The van der Waals surface area contributed by atoms with Crippen LogP contribution in [0.3, 0.4) is 0 Å². The Bertz CT molecular complexity index is 256. The highest BCUT2D eigenvalue weighted by Crippen LogP contribution is 2.36. The summed E-state index contributed by atoms with van der Waals surface area (Å²) >= 11 is 0. The molecule has 0 bridgehead atoms. The van der Waals surface area contributed by atoms with Crippen LogP contribution in [-0.4, -0.2) is 36.1 Å². The number of nitrogens with one attached hydrogen (secondary N) is 1. The molecule has 2 saturated carbocycles. The van der Waals surface area contributed by atoms with Gasteiger partial charge in [0.05, 0.1) is 0 Å². The van der Waals surface area contributed by atoms with E-state index < -0.39 is 0 Å². The first-order valence-corrected chi connectivity index (χ1v) is 8.34. The molecule has 0 radical (unpaired) electrons. The van der Waals surface area contributed by atoms with Crippen molar-refractivity contribution in [3.05, 3.63) is 0 Å². The minimum atomic E-state index is 0.796. The lowest BCUT2D eigenvalue weighted by Gasteiger charge is -2.34. The summed E-state index contributed by atoms with van der Waals surface area (Å²) in [5, 5.41) is 3.67. The molecule has 0 spiro atoms. The largest absolute Gasteiger partial charge is 0.314 e. The van der Waals surface area contributed by atoms with Crippen LogP contribution in [0.1, 0.15) is 64.7 Å². The topological polar surface area (TPSA) is 15.3 Å². The summed E-state index contributed by atoms with van der Waals surface area (Å²) in [6.45, 7) is 5.06.